The van der Waals surface area contributed by atoms with Crippen molar-refractivity contribution >= 4 is 11.8 Å². The van der Waals surface area contributed by atoms with E-state index in [0.29, 0.717) is 11.8 Å². The molecule has 20 heavy (non-hydrogen) atoms. The van der Waals surface area contributed by atoms with Gasteiger partial charge in [0.25, 0.3) is 0 Å². The molecule has 1 aliphatic carbocycles. The topological polar surface area (TPSA) is 49.4 Å². The van der Waals surface area contributed by atoms with Crippen LogP contribution in [0.25, 0.3) is 0 Å². The molecular weight excluding hydrogens is 252 g/mol. The normalized spacial score (nSPS) is 26.8. The zero-order chi connectivity index (χ0) is 14.7. The van der Waals surface area contributed by atoms with E-state index in [9.17, 15) is 9.59 Å². The summed E-state index contributed by atoms with van der Waals surface area (Å²) in [5.74, 6) is 0.894. The first-order chi connectivity index (χ1) is 9.54. The zero-order valence-electron chi connectivity index (χ0n) is 13.0. The standard InChI is InChI=1S/C16H28N2O2/c1-4-13(11(2)3)18-10-14(19)17-15(16(18)20)12-8-6-5-7-9-12/h11-13,15H,4-10H2,1-3H3,(H,17,19). The van der Waals surface area contributed by atoms with E-state index in [0.717, 1.165) is 19.3 Å². The van der Waals surface area contributed by atoms with Crippen LogP contribution in [-0.4, -0.2) is 35.3 Å². The van der Waals surface area contributed by atoms with Crippen molar-refractivity contribution in [1.29, 1.82) is 0 Å². The van der Waals surface area contributed by atoms with Crippen LogP contribution in [0.2, 0.25) is 0 Å². The first kappa shape index (κ1) is 15.3. The fourth-order valence-electron chi connectivity index (χ4n) is 3.81. The average molecular weight is 280 g/mol. The Kier molecular flexibility index (Phi) is 5.06. The zero-order valence-corrected chi connectivity index (χ0v) is 13.0. The first-order valence-corrected chi connectivity index (χ1v) is 8.14. The Morgan fingerprint density at radius 2 is 1.85 bits per heavy atom. The molecule has 2 aliphatic rings. The van der Waals surface area contributed by atoms with Crippen LogP contribution in [0.4, 0.5) is 0 Å². The fraction of sp³-hybridized carbons (Fsp3) is 0.875. The van der Waals surface area contributed by atoms with Crippen LogP contribution in [0.5, 0.6) is 0 Å². The predicted molar refractivity (Wildman–Crippen MR) is 79.1 cm³/mol. The van der Waals surface area contributed by atoms with E-state index < -0.39 is 0 Å². The number of nitrogens with zero attached hydrogens (tertiary/aromatic N) is 1. The Bertz CT molecular complexity index is 361. The predicted octanol–water partition coefficient (Wildman–Crippen LogP) is 2.33. The summed E-state index contributed by atoms with van der Waals surface area (Å²) >= 11 is 0. The molecule has 2 unspecified atom stereocenters. The van der Waals surface area contributed by atoms with Gasteiger partial charge in [0.1, 0.15) is 6.04 Å². The third-order valence-electron chi connectivity index (χ3n) is 4.89. The van der Waals surface area contributed by atoms with E-state index in [-0.39, 0.29) is 30.4 Å². The van der Waals surface area contributed by atoms with Crippen molar-refractivity contribution in [3.05, 3.63) is 0 Å². The highest BCUT2D eigenvalue weighted by Gasteiger charge is 2.40. The minimum atomic E-state index is -0.274. The van der Waals surface area contributed by atoms with Gasteiger partial charge in [0.2, 0.25) is 11.8 Å². The molecule has 2 amide bonds. The molecule has 0 radical (unpaired) electrons. The number of amides is 2. The van der Waals surface area contributed by atoms with Gasteiger partial charge in [-0.25, -0.2) is 0 Å². The molecule has 1 saturated carbocycles. The second kappa shape index (κ2) is 6.59. The van der Waals surface area contributed by atoms with Gasteiger partial charge < -0.3 is 10.2 Å². The van der Waals surface area contributed by atoms with Gasteiger partial charge in [-0.2, -0.15) is 0 Å². The largest absolute Gasteiger partial charge is 0.342 e. The lowest BCUT2D eigenvalue weighted by Crippen LogP contribution is -2.63. The molecule has 2 atom stereocenters. The molecule has 0 aromatic heterocycles. The third kappa shape index (κ3) is 3.15. The Morgan fingerprint density at radius 3 is 2.40 bits per heavy atom. The lowest BCUT2D eigenvalue weighted by molar-refractivity contribution is -0.149. The number of rotatable bonds is 4. The van der Waals surface area contributed by atoms with Crippen molar-refractivity contribution in [3.63, 3.8) is 0 Å². The van der Waals surface area contributed by atoms with Gasteiger partial charge in [-0.05, 0) is 31.1 Å². The molecule has 4 nitrogen and oxygen atoms in total. The van der Waals surface area contributed by atoms with E-state index in [4.69, 9.17) is 0 Å². The van der Waals surface area contributed by atoms with Crippen molar-refractivity contribution < 1.29 is 9.59 Å². The summed E-state index contributed by atoms with van der Waals surface area (Å²) in [6, 6.07) is -0.0935. The SMILES string of the molecule is CCC(C(C)C)N1CC(=O)NC(C2CCCCC2)C1=O. The average Bonchev–Trinajstić information content (AvgIpc) is 2.43. The molecule has 0 aromatic carbocycles. The maximum Gasteiger partial charge on any atom is 0.246 e. The monoisotopic (exact) mass is 280 g/mol. The van der Waals surface area contributed by atoms with E-state index in [1.807, 2.05) is 4.90 Å². The molecule has 1 N–H and O–H groups in total. The molecule has 114 valence electrons. The van der Waals surface area contributed by atoms with Gasteiger partial charge in [-0.3, -0.25) is 9.59 Å². The van der Waals surface area contributed by atoms with Gasteiger partial charge in [-0.1, -0.05) is 40.0 Å². The van der Waals surface area contributed by atoms with Crippen LogP contribution in [-0.2, 0) is 9.59 Å². The Balaban J connectivity index is 2.13. The van der Waals surface area contributed by atoms with Crippen LogP contribution in [0.1, 0.15) is 59.3 Å². The summed E-state index contributed by atoms with van der Waals surface area (Å²) in [5.41, 5.74) is 0. The molecule has 1 heterocycles. The van der Waals surface area contributed by atoms with E-state index in [2.05, 4.69) is 26.1 Å². The molecular formula is C16H28N2O2. The molecule has 1 saturated heterocycles. The molecule has 4 heteroatoms. The summed E-state index contributed by atoms with van der Waals surface area (Å²) in [4.78, 5) is 26.6. The molecule has 1 aliphatic heterocycles. The lowest BCUT2D eigenvalue weighted by Gasteiger charge is -2.42. The maximum absolute atomic E-state index is 12.8. The van der Waals surface area contributed by atoms with Crippen LogP contribution in [0.15, 0.2) is 0 Å². The van der Waals surface area contributed by atoms with Crippen LogP contribution in [0, 0.1) is 11.8 Å². The van der Waals surface area contributed by atoms with Crippen molar-refractivity contribution in [2.75, 3.05) is 6.54 Å². The second-order valence-electron chi connectivity index (χ2n) is 6.63. The highest BCUT2D eigenvalue weighted by molar-refractivity contribution is 5.95. The first-order valence-electron chi connectivity index (χ1n) is 8.14. The quantitative estimate of drug-likeness (QED) is 0.859. The summed E-state index contributed by atoms with van der Waals surface area (Å²) in [5, 5.41) is 2.95. The molecule has 0 spiro atoms. The van der Waals surface area contributed by atoms with Gasteiger partial charge in [-0.15, -0.1) is 0 Å². The van der Waals surface area contributed by atoms with Gasteiger partial charge in [0.05, 0.1) is 6.54 Å². The number of hydrogen-bond donors (Lipinski definition) is 1. The van der Waals surface area contributed by atoms with Crippen molar-refractivity contribution in [3.8, 4) is 0 Å². The number of nitrogens with one attached hydrogen (secondary N) is 1. The minimum absolute atomic E-state index is 0.0132. The summed E-state index contributed by atoms with van der Waals surface area (Å²) in [6.45, 7) is 6.59. The van der Waals surface area contributed by atoms with Gasteiger partial charge in [0, 0.05) is 6.04 Å². The number of carbonyl (C=O) groups is 2. The van der Waals surface area contributed by atoms with Gasteiger partial charge in [0.15, 0.2) is 0 Å². The third-order valence-corrected chi connectivity index (χ3v) is 4.89. The fourth-order valence-corrected chi connectivity index (χ4v) is 3.81. The molecule has 0 bridgehead atoms. The Labute approximate surface area is 122 Å². The molecule has 2 rings (SSSR count). The number of piperazine rings is 1. The van der Waals surface area contributed by atoms with Crippen molar-refractivity contribution in [2.24, 2.45) is 11.8 Å². The maximum atomic E-state index is 12.8. The number of hydrogen-bond acceptors (Lipinski definition) is 2. The Hall–Kier alpha value is -1.06. The van der Waals surface area contributed by atoms with Crippen LogP contribution >= 0.6 is 0 Å². The summed E-state index contributed by atoms with van der Waals surface area (Å²) in [7, 11) is 0. The van der Waals surface area contributed by atoms with Crippen molar-refractivity contribution in [2.45, 2.75) is 71.4 Å². The minimum Gasteiger partial charge on any atom is -0.342 e. The lowest BCUT2D eigenvalue weighted by atomic mass is 9.82. The number of carbonyl (C=O) groups excluding carboxylic acids is 2. The highest BCUT2D eigenvalue weighted by atomic mass is 16.2. The van der Waals surface area contributed by atoms with E-state index >= 15 is 0 Å². The van der Waals surface area contributed by atoms with Crippen molar-refractivity contribution in [1.82, 2.24) is 10.2 Å². The molecule has 0 aromatic rings. The Morgan fingerprint density at radius 1 is 1.20 bits per heavy atom. The van der Waals surface area contributed by atoms with Crippen LogP contribution < -0.4 is 5.32 Å². The molecule has 2 fully saturated rings. The smallest absolute Gasteiger partial charge is 0.246 e. The van der Waals surface area contributed by atoms with Gasteiger partial charge >= 0.3 is 0 Å². The van der Waals surface area contributed by atoms with E-state index in [1.54, 1.807) is 0 Å². The summed E-state index contributed by atoms with van der Waals surface area (Å²) < 4.78 is 0. The highest BCUT2D eigenvalue weighted by Crippen LogP contribution is 2.29. The van der Waals surface area contributed by atoms with Crippen LogP contribution in [0.3, 0.4) is 0 Å². The second-order valence-corrected chi connectivity index (χ2v) is 6.63. The van der Waals surface area contributed by atoms with E-state index in [1.165, 1.54) is 19.3 Å². The summed E-state index contributed by atoms with van der Waals surface area (Å²) in [6.07, 6.45) is 6.69.